The van der Waals surface area contributed by atoms with Crippen molar-refractivity contribution < 1.29 is 4.74 Å². The first-order valence-electron chi connectivity index (χ1n) is 6.15. The van der Waals surface area contributed by atoms with Crippen LogP contribution in [0.3, 0.4) is 0 Å². The third kappa shape index (κ3) is 3.82. The smallest absolute Gasteiger partial charge is 0.138 e. The minimum absolute atomic E-state index is 0.112. The Hall–Kier alpha value is -0.870. The summed E-state index contributed by atoms with van der Waals surface area (Å²) in [5.41, 5.74) is 0.882. The van der Waals surface area contributed by atoms with Gasteiger partial charge in [-0.15, -0.1) is 0 Å². The van der Waals surface area contributed by atoms with E-state index in [0.717, 1.165) is 24.5 Å². The second-order valence-corrected chi connectivity index (χ2v) is 5.65. The van der Waals surface area contributed by atoms with Gasteiger partial charge in [-0.3, -0.25) is 0 Å². The molecule has 0 amide bonds. The number of methoxy groups -OCH3 is 1. The summed E-state index contributed by atoms with van der Waals surface area (Å²) in [5.74, 6) is 0.896. The molecule has 1 rings (SSSR count). The quantitative estimate of drug-likeness (QED) is 0.830. The number of nitrogens with zero attached hydrogens (tertiary/aromatic N) is 1. The number of hydrogen-bond donors (Lipinski definition) is 2. The number of aromatic nitrogens is 2. The van der Waals surface area contributed by atoms with Gasteiger partial charge < -0.3 is 15.0 Å². The van der Waals surface area contributed by atoms with Crippen LogP contribution in [0, 0.1) is 0 Å². The molecule has 0 radical (unpaired) electrons. The maximum atomic E-state index is 5.52. The number of imidazole rings is 1. The summed E-state index contributed by atoms with van der Waals surface area (Å²) in [5, 5.41) is 3.43. The van der Waals surface area contributed by atoms with E-state index in [0.29, 0.717) is 0 Å². The summed E-state index contributed by atoms with van der Waals surface area (Å²) < 4.78 is 5.52. The van der Waals surface area contributed by atoms with Gasteiger partial charge in [0.15, 0.2) is 0 Å². The molecule has 4 nitrogen and oxygen atoms in total. The molecule has 0 bridgehead atoms. The van der Waals surface area contributed by atoms with Crippen LogP contribution >= 0.6 is 0 Å². The van der Waals surface area contributed by atoms with Crippen molar-refractivity contribution in [2.24, 2.45) is 0 Å². The van der Waals surface area contributed by atoms with Gasteiger partial charge in [-0.25, -0.2) is 4.98 Å². The Morgan fingerprint density at radius 2 is 2.00 bits per heavy atom. The number of nitrogens with one attached hydrogen (secondary N) is 2. The molecule has 0 aliphatic carbocycles. The molecule has 1 aromatic heterocycles. The van der Waals surface area contributed by atoms with E-state index in [1.54, 1.807) is 7.11 Å². The number of rotatable bonds is 5. The zero-order valence-corrected chi connectivity index (χ0v) is 11.8. The van der Waals surface area contributed by atoms with Crippen LogP contribution in [0.15, 0.2) is 6.20 Å². The van der Waals surface area contributed by atoms with Crippen LogP contribution in [-0.4, -0.2) is 22.6 Å². The largest absolute Gasteiger partial charge is 0.371 e. The molecule has 0 fully saturated rings. The number of aromatic amines is 1. The molecule has 0 aliphatic heterocycles. The van der Waals surface area contributed by atoms with Crippen LogP contribution in [-0.2, 0) is 16.9 Å². The third-order valence-electron chi connectivity index (χ3n) is 3.06. The highest BCUT2D eigenvalue weighted by Crippen LogP contribution is 2.25. The van der Waals surface area contributed by atoms with Gasteiger partial charge >= 0.3 is 0 Å². The van der Waals surface area contributed by atoms with E-state index >= 15 is 0 Å². The first kappa shape index (κ1) is 14.2. The lowest BCUT2D eigenvalue weighted by atomic mass is 10.0. The summed E-state index contributed by atoms with van der Waals surface area (Å²) in [6.45, 7) is 11.4. The molecule has 1 unspecified atom stereocenters. The van der Waals surface area contributed by atoms with Gasteiger partial charge in [-0.2, -0.15) is 0 Å². The van der Waals surface area contributed by atoms with Gasteiger partial charge in [0.1, 0.15) is 11.4 Å². The molecule has 0 saturated heterocycles. The molecule has 0 aliphatic rings. The van der Waals surface area contributed by atoms with E-state index in [4.69, 9.17) is 4.74 Å². The molecule has 4 heteroatoms. The van der Waals surface area contributed by atoms with E-state index in [1.807, 2.05) is 13.1 Å². The highest BCUT2D eigenvalue weighted by Gasteiger charge is 2.27. The predicted molar refractivity (Wildman–Crippen MR) is 69.8 cm³/mol. The van der Waals surface area contributed by atoms with Crippen molar-refractivity contribution in [1.29, 1.82) is 0 Å². The number of ether oxygens (including phenoxy) is 1. The lowest BCUT2D eigenvalue weighted by molar-refractivity contribution is -0.00838. The standard InChI is InChI=1S/C13H25N3O/c1-7-13(5,17-6)11-14-8-10(16-11)9-15-12(2,3)4/h8,15H,7,9H2,1-6H3,(H,14,16). The molecule has 1 atom stereocenters. The Labute approximate surface area is 104 Å². The Morgan fingerprint density at radius 1 is 1.35 bits per heavy atom. The molecule has 1 heterocycles. The van der Waals surface area contributed by atoms with Crippen molar-refractivity contribution in [1.82, 2.24) is 15.3 Å². The molecule has 0 spiro atoms. The fraction of sp³-hybridized carbons (Fsp3) is 0.769. The molecular weight excluding hydrogens is 214 g/mol. The maximum absolute atomic E-state index is 5.52. The van der Waals surface area contributed by atoms with Crippen LogP contribution in [0.4, 0.5) is 0 Å². The summed E-state index contributed by atoms with van der Waals surface area (Å²) in [6, 6.07) is 0. The second-order valence-electron chi connectivity index (χ2n) is 5.65. The topological polar surface area (TPSA) is 49.9 Å². The van der Waals surface area contributed by atoms with E-state index in [-0.39, 0.29) is 11.1 Å². The van der Waals surface area contributed by atoms with E-state index in [1.165, 1.54) is 0 Å². The first-order chi connectivity index (χ1) is 7.80. The normalized spacial score (nSPS) is 15.9. The van der Waals surface area contributed by atoms with Gasteiger partial charge in [0.25, 0.3) is 0 Å². The van der Waals surface area contributed by atoms with Gasteiger partial charge in [0.05, 0.1) is 0 Å². The van der Waals surface area contributed by atoms with Crippen LogP contribution in [0.25, 0.3) is 0 Å². The molecule has 2 N–H and O–H groups in total. The van der Waals surface area contributed by atoms with Gasteiger partial charge in [0.2, 0.25) is 0 Å². The summed E-state index contributed by atoms with van der Waals surface area (Å²) in [7, 11) is 1.72. The van der Waals surface area contributed by atoms with Crippen molar-refractivity contribution in [3.05, 3.63) is 17.7 Å². The van der Waals surface area contributed by atoms with Crippen molar-refractivity contribution in [3.63, 3.8) is 0 Å². The highest BCUT2D eigenvalue weighted by molar-refractivity contribution is 5.08. The zero-order chi connectivity index (χ0) is 13.1. The third-order valence-corrected chi connectivity index (χ3v) is 3.06. The monoisotopic (exact) mass is 239 g/mol. The molecule has 17 heavy (non-hydrogen) atoms. The van der Waals surface area contributed by atoms with Crippen LogP contribution in [0.5, 0.6) is 0 Å². The molecular formula is C13H25N3O. The Bertz CT molecular complexity index is 348. The second kappa shape index (κ2) is 5.19. The molecule has 0 aromatic carbocycles. The van der Waals surface area contributed by atoms with E-state index in [9.17, 15) is 0 Å². The first-order valence-corrected chi connectivity index (χ1v) is 6.15. The van der Waals surface area contributed by atoms with Crippen molar-refractivity contribution in [2.45, 2.75) is 58.7 Å². The van der Waals surface area contributed by atoms with Crippen LogP contribution in [0.2, 0.25) is 0 Å². The lowest BCUT2D eigenvalue weighted by Crippen LogP contribution is -2.35. The summed E-state index contributed by atoms with van der Waals surface area (Å²) in [4.78, 5) is 7.74. The fourth-order valence-corrected chi connectivity index (χ4v) is 1.49. The zero-order valence-electron chi connectivity index (χ0n) is 11.8. The number of hydrogen-bond acceptors (Lipinski definition) is 3. The SMILES string of the molecule is CCC(C)(OC)c1ncc(CNC(C)(C)C)[nH]1. The van der Waals surface area contributed by atoms with Crippen molar-refractivity contribution >= 4 is 0 Å². The maximum Gasteiger partial charge on any atom is 0.138 e. The number of H-pyrrole nitrogens is 1. The Kier molecular flexibility index (Phi) is 4.33. The summed E-state index contributed by atoms with van der Waals surface area (Å²) in [6.07, 6.45) is 2.77. The van der Waals surface area contributed by atoms with E-state index < -0.39 is 0 Å². The minimum Gasteiger partial charge on any atom is -0.371 e. The summed E-state index contributed by atoms with van der Waals surface area (Å²) >= 11 is 0. The fourth-order valence-electron chi connectivity index (χ4n) is 1.49. The Morgan fingerprint density at radius 3 is 2.47 bits per heavy atom. The molecule has 0 saturated carbocycles. The van der Waals surface area contributed by atoms with Crippen LogP contribution < -0.4 is 5.32 Å². The average molecular weight is 239 g/mol. The Balaban J connectivity index is 2.71. The van der Waals surface area contributed by atoms with Crippen LogP contribution in [0.1, 0.15) is 52.6 Å². The van der Waals surface area contributed by atoms with Crippen molar-refractivity contribution in [2.75, 3.05) is 7.11 Å². The lowest BCUT2D eigenvalue weighted by Gasteiger charge is -2.24. The van der Waals surface area contributed by atoms with Gasteiger partial charge in [0, 0.05) is 31.1 Å². The predicted octanol–water partition coefficient (Wildman–Crippen LogP) is 2.57. The molecule has 98 valence electrons. The minimum atomic E-state index is -0.319. The molecule has 1 aromatic rings. The highest BCUT2D eigenvalue weighted by atomic mass is 16.5. The average Bonchev–Trinajstić information content (AvgIpc) is 2.73. The van der Waals surface area contributed by atoms with Crippen molar-refractivity contribution in [3.8, 4) is 0 Å². The van der Waals surface area contributed by atoms with Gasteiger partial charge in [-0.05, 0) is 34.1 Å². The van der Waals surface area contributed by atoms with E-state index in [2.05, 4.69) is 43.0 Å². The van der Waals surface area contributed by atoms with Gasteiger partial charge in [-0.1, -0.05) is 6.92 Å².